The molecule has 1 N–H and O–H groups in total. The van der Waals surface area contributed by atoms with Crippen molar-refractivity contribution in [2.24, 2.45) is 0 Å². The van der Waals surface area contributed by atoms with Crippen molar-refractivity contribution in [2.75, 3.05) is 11.4 Å². The first-order chi connectivity index (χ1) is 9.13. The minimum absolute atomic E-state index is 0.244. The lowest BCUT2D eigenvalue weighted by atomic mass is 9.93. The molecule has 1 aliphatic carbocycles. The predicted octanol–water partition coefficient (Wildman–Crippen LogP) is 4.20. The highest BCUT2D eigenvalue weighted by Gasteiger charge is 2.22. The van der Waals surface area contributed by atoms with E-state index in [1.54, 1.807) is 12.1 Å². The number of carboxylic acids is 1. The molecule has 2 rings (SSSR count). The van der Waals surface area contributed by atoms with Gasteiger partial charge in [-0.2, -0.15) is 0 Å². The van der Waals surface area contributed by atoms with Crippen molar-refractivity contribution in [3.05, 3.63) is 28.8 Å². The van der Waals surface area contributed by atoms with Crippen LogP contribution in [0.4, 0.5) is 5.69 Å². The van der Waals surface area contributed by atoms with Gasteiger partial charge in [0.25, 0.3) is 0 Å². The van der Waals surface area contributed by atoms with Gasteiger partial charge in [-0.05, 0) is 38.0 Å². The van der Waals surface area contributed by atoms with Crippen LogP contribution in [0.3, 0.4) is 0 Å². The molecule has 1 saturated carbocycles. The summed E-state index contributed by atoms with van der Waals surface area (Å²) in [6.45, 7) is 3.02. The number of nitrogens with zero attached hydrogens (tertiary/aromatic N) is 1. The van der Waals surface area contributed by atoms with Crippen molar-refractivity contribution < 1.29 is 9.90 Å². The van der Waals surface area contributed by atoms with E-state index in [1.807, 2.05) is 6.07 Å². The monoisotopic (exact) mass is 281 g/mol. The van der Waals surface area contributed by atoms with Gasteiger partial charge in [-0.1, -0.05) is 30.9 Å². The highest BCUT2D eigenvalue weighted by molar-refractivity contribution is 6.33. The van der Waals surface area contributed by atoms with Gasteiger partial charge in [-0.3, -0.25) is 0 Å². The smallest absolute Gasteiger partial charge is 0.335 e. The zero-order valence-corrected chi connectivity index (χ0v) is 12.0. The van der Waals surface area contributed by atoms with Crippen molar-refractivity contribution >= 4 is 23.3 Å². The number of carboxylic acid groups (broad SMARTS) is 1. The minimum Gasteiger partial charge on any atom is -0.478 e. The van der Waals surface area contributed by atoms with Crippen LogP contribution in [0.15, 0.2) is 18.2 Å². The summed E-state index contributed by atoms with van der Waals surface area (Å²) in [4.78, 5) is 13.2. The van der Waals surface area contributed by atoms with Gasteiger partial charge >= 0.3 is 5.97 Å². The van der Waals surface area contributed by atoms with Crippen LogP contribution in [0.1, 0.15) is 49.4 Å². The maximum atomic E-state index is 10.9. The number of halogens is 1. The molecule has 1 aliphatic rings. The summed E-state index contributed by atoms with van der Waals surface area (Å²) < 4.78 is 0. The summed E-state index contributed by atoms with van der Waals surface area (Å²) >= 11 is 6.26. The van der Waals surface area contributed by atoms with Crippen LogP contribution in [0.2, 0.25) is 5.02 Å². The largest absolute Gasteiger partial charge is 0.478 e. The van der Waals surface area contributed by atoms with E-state index in [2.05, 4.69) is 11.8 Å². The summed E-state index contributed by atoms with van der Waals surface area (Å²) in [6, 6.07) is 5.55. The van der Waals surface area contributed by atoms with Gasteiger partial charge in [-0.15, -0.1) is 0 Å². The van der Waals surface area contributed by atoms with Crippen LogP contribution in [-0.2, 0) is 0 Å². The normalized spacial score (nSPS) is 16.3. The average Bonchev–Trinajstić information content (AvgIpc) is 2.42. The third kappa shape index (κ3) is 3.21. The molecule has 0 heterocycles. The molecule has 0 bridgehead atoms. The van der Waals surface area contributed by atoms with E-state index < -0.39 is 5.97 Å². The zero-order chi connectivity index (χ0) is 13.8. The summed E-state index contributed by atoms with van der Waals surface area (Å²) in [5, 5.41) is 9.51. The first kappa shape index (κ1) is 14.2. The molecule has 19 heavy (non-hydrogen) atoms. The first-order valence-corrected chi connectivity index (χ1v) is 7.30. The Balaban J connectivity index is 2.24. The van der Waals surface area contributed by atoms with E-state index in [0.717, 1.165) is 12.2 Å². The number of hydrogen-bond donors (Lipinski definition) is 1. The SMILES string of the molecule is CCN(c1ccc(C(=O)O)cc1Cl)C1CCCCC1. The van der Waals surface area contributed by atoms with Crippen LogP contribution in [0.25, 0.3) is 0 Å². The van der Waals surface area contributed by atoms with Gasteiger partial charge in [0.1, 0.15) is 0 Å². The number of rotatable bonds is 4. The maximum absolute atomic E-state index is 10.9. The van der Waals surface area contributed by atoms with E-state index in [1.165, 1.54) is 32.1 Å². The quantitative estimate of drug-likeness (QED) is 0.899. The van der Waals surface area contributed by atoms with E-state index in [9.17, 15) is 4.79 Å². The molecule has 4 heteroatoms. The topological polar surface area (TPSA) is 40.5 Å². The number of anilines is 1. The molecule has 0 saturated heterocycles. The molecule has 1 aromatic rings. The number of hydrogen-bond acceptors (Lipinski definition) is 2. The molecule has 0 amide bonds. The van der Waals surface area contributed by atoms with Crippen molar-refractivity contribution in [3.63, 3.8) is 0 Å². The summed E-state index contributed by atoms with van der Waals surface area (Å²) in [7, 11) is 0. The van der Waals surface area contributed by atoms with Crippen LogP contribution in [-0.4, -0.2) is 23.7 Å². The van der Waals surface area contributed by atoms with E-state index >= 15 is 0 Å². The summed E-state index contributed by atoms with van der Waals surface area (Å²) in [6.07, 6.45) is 6.26. The molecule has 1 fully saturated rings. The second-order valence-corrected chi connectivity index (χ2v) is 5.46. The van der Waals surface area contributed by atoms with Gasteiger partial charge in [0.15, 0.2) is 0 Å². The first-order valence-electron chi connectivity index (χ1n) is 6.93. The van der Waals surface area contributed by atoms with Gasteiger partial charge in [0, 0.05) is 12.6 Å². The van der Waals surface area contributed by atoms with E-state index in [4.69, 9.17) is 16.7 Å². The van der Waals surface area contributed by atoms with Crippen molar-refractivity contribution in [1.82, 2.24) is 0 Å². The summed E-state index contributed by atoms with van der Waals surface area (Å²) in [5.41, 5.74) is 1.20. The van der Waals surface area contributed by atoms with E-state index in [0.29, 0.717) is 11.1 Å². The Kier molecular flexibility index (Phi) is 4.70. The molecule has 1 aromatic carbocycles. The standard InChI is InChI=1S/C15H20ClNO2/c1-2-17(12-6-4-3-5-7-12)14-9-8-11(15(18)19)10-13(14)16/h8-10,12H,2-7H2,1H3,(H,18,19). The van der Waals surface area contributed by atoms with Crippen LogP contribution >= 0.6 is 11.6 Å². The Morgan fingerprint density at radius 3 is 2.58 bits per heavy atom. The lowest BCUT2D eigenvalue weighted by molar-refractivity contribution is 0.0697. The third-order valence-corrected chi connectivity index (χ3v) is 4.16. The maximum Gasteiger partial charge on any atom is 0.335 e. The lowest BCUT2D eigenvalue weighted by Crippen LogP contribution is -2.36. The lowest BCUT2D eigenvalue weighted by Gasteiger charge is -2.36. The van der Waals surface area contributed by atoms with Crippen molar-refractivity contribution in [1.29, 1.82) is 0 Å². The fourth-order valence-electron chi connectivity index (χ4n) is 2.89. The van der Waals surface area contributed by atoms with Crippen LogP contribution in [0.5, 0.6) is 0 Å². The predicted molar refractivity (Wildman–Crippen MR) is 78.3 cm³/mol. The Bertz CT molecular complexity index is 455. The summed E-state index contributed by atoms with van der Waals surface area (Å²) in [5.74, 6) is -0.936. The molecule has 104 valence electrons. The third-order valence-electron chi connectivity index (χ3n) is 3.86. The van der Waals surface area contributed by atoms with Gasteiger partial charge < -0.3 is 10.0 Å². The highest BCUT2D eigenvalue weighted by atomic mass is 35.5. The second kappa shape index (κ2) is 6.29. The van der Waals surface area contributed by atoms with Crippen LogP contribution in [0, 0.1) is 0 Å². The highest BCUT2D eigenvalue weighted by Crippen LogP contribution is 2.32. The van der Waals surface area contributed by atoms with Crippen LogP contribution < -0.4 is 4.90 Å². The molecule has 0 aliphatic heterocycles. The molecule has 0 unspecified atom stereocenters. The van der Waals surface area contributed by atoms with E-state index in [-0.39, 0.29) is 5.56 Å². The minimum atomic E-state index is -0.936. The average molecular weight is 282 g/mol. The number of carbonyl (C=O) groups is 1. The number of benzene rings is 1. The van der Waals surface area contributed by atoms with Gasteiger partial charge in [0.2, 0.25) is 0 Å². The molecular weight excluding hydrogens is 262 g/mol. The molecule has 0 radical (unpaired) electrons. The van der Waals surface area contributed by atoms with Crippen molar-refractivity contribution in [3.8, 4) is 0 Å². The number of aromatic carboxylic acids is 1. The molecule has 0 aromatic heterocycles. The second-order valence-electron chi connectivity index (χ2n) is 5.05. The Labute approximate surface area is 119 Å². The fourth-order valence-corrected chi connectivity index (χ4v) is 3.18. The molecule has 0 spiro atoms. The Morgan fingerprint density at radius 2 is 2.05 bits per heavy atom. The van der Waals surface area contributed by atoms with Crippen molar-refractivity contribution in [2.45, 2.75) is 45.1 Å². The fraction of sp³-hybridized carbons (Fsp3) is 0.533. The molecule has 0 atom stereocenters. The molecule has 3 nitrogen and oxygen atoms in total. The Morgan fingerprint density at radius 1 is 1.37 bits per heavy atom. The van der Waals surface area contributed by atoms with Gasteiger partial charge in [-0.25, -0.2) is 4.79 Å². The van der Waals surface area contributed by atoms with Gasteiger partial charge in [0.05, 0.1) is 16.3 Å². The zero-order valence-electron chi connectivity index (χ0n) is 11.2. The molecular formula is C15H20ClNO2. The Hall–Kier alpha value is -1.22.